The van der Waals surface area contributed by atoms with Crippen molar-refractivity contribution in [3.8, 4) is 0 Å². The largest absolute Gasteiger partial charge is 0.308 e. The van der Waals surface area contributed by atoms with Gasteiger partial charge in [-0.05, 0) is 31.6 Å². The van der Waals surface area contributed by atoms with Crippen LogP contribution in [0.5, 0.6) is 0 Å². The second-order valence-corrected chi connectivity index (χ2v) is 6.45. The predicted molar refractivity (Wildman–Crippen MR) is 67.9 cm³/mol. The molecule has 2 saturated carbocycles. The van der Waals surface area contributed by atoms with Crippen molar-refractivity contribution >= 4 is 0 Å². The van der Waals surface area contributed by atoms with Gasteiger partial charge in [-0.2, -0.15) is 0 Å². The summed E-state index contributed by atoms with van der Waals surface area (Å²) in [5.74, 6) is 0.678. The van der Waals surface area contributed by atoms with Crippen LogP contribution in [0.15, 0.2) is 0 Å². The Morgan fingerprint density at radius 1 is 1.17 bits per heavy atom. The number of hydrogen-bond donors (Lipinski definition) is 1. The van der Waals surface area contributed by atoms with Gasteiger partial charge in [-0.3, -0.25) is 4.90 Å². The zero-order valence-corrected chi connectivity index (χ0v) is 11.0. The molecule has 1 saturated heterocycles. The highest BCUT2D eigenvalue weighted by atomic mass is 19.3. The SMILES string of the molecule is FC(F)CN1CC2(CCCCC2)NCC1C1CC1. The minimum Gasteiger partial charge on any atom is -0.308 e. The van der Waals surface area contributed by atoms with Crippen molar-refractivity contribution < 1.29 is 8.78 Å². The zero-order valence-electron chi connectivity index (χ0n) is 11.0. The van der Waals surface area contributed by atoms with Crippen molar-refractivity contribution in [2.75, 3.05) is 19.6 Å². The maximum Gasteiger partial charge on any atom is 0.251 e. The van der Waals surface area contributed by atoms with Crippen molar-refractivity contribution in [3.05, 3.63) is 0 Å². The first-order valence-corrected chi connectivity index (χ1v) is 7.46. The quantitative estimate of drug-likeness (QED) is 0.837. The maximum atomic E-state index is 12.8. The fraction of sp³-hybridized carbons (Fsp3) is 1.00. The zero-order chi connectivity index (χ0) is 12.6. The molecule has 0 amide bonds. The van der Waals surface area contributed by atoms with Gasteiger partial charge in [0.15, 0.2) is 0 Å². The summed E-state index contributed by atoms with van der Waals surface area (Å²) in [5, 5.41) is 3.72. The Hall–Kier alpha value is -0.220. The molecule has 1 aliphatic heterocycles. The van der Waals surface area contributed by atoms with Gasteiger partial charge in [0.1, 0.15) is 0 Å². The normalized spacial score (nSPS) is 33.2. The standard InChI is InChI=1S/C14H24F2N2/c15-13(16)9-18-10-14(6-2-1-3-7-14)17-8-12(18)11-4-5-11/h11-13,17H,1-10H2. The van der Waals surface area contributed by atoms with E-state index in [1.54, 1.807) is 0 Å². The van der Waals surface area contributed by atoms with Crippen LogP contribution in [0.4, 0.5) is 8.78 Å². The summed E-state index contributed by atoms with van der Waals surface area (Å²) in [6.45, 7) is 1.75. The minimum absolute atomic E-state index is 0.0232. The second kappa shape index (κ2) is 5.04. The van der Waals surface area contributed by atoms with E-state index in [0.29, 0.717) is 12.0 Å². The highest BCUT2D eigenvalue weighted by Crippen LogP contribution is 2.40. The monoisotopic (exact) mass is 258 g/mol. The first-order valence-electron chi connectivity index (χ1n) is 7.46. The summed E-state index contributed by atoms with van der Waals surface area (Å²) in [7, 11) is 0. The number of hydrogen-bond acceptors (Lipinski definition) is 2. The molecule has 0 aromatic heterocycles. The number of halogens is 2. The van der Waals surface area contributed by atoms with E-state index in [4.69, 9.17) is 0 Å². The Bertz CT molecular complexity index is 286. The molecule has 2 aliphatic carbocycles. The summed E-state index contributed by atoms with van der Waals surface area (Å²) in [5.41, 5.74) is 0.151. The van der Waals surface area contributed by atoms with Crippen LogP contribution in [0.1, 0.15) is 44.9 Å². The van der Waals surface area contributed by atoms with E-state index in [-0.39, 0.29) is 12.1 Å². The molecule has 0 bridgehead atoms. The van der Waals surface area contributed by atoms with Crippen LogP contribution in [-0.2, 0) is 0 Å². The van der Waals surface area contributed by atoms with E-state index in [0.717, 1.165) is 13.1 Å². The smallest absolute Gasteiger partial charge is 0.251 e. The van der Waals surface area contributed by atoms with E-state index < -0.39 is 6.43 Å². The lowest BCUT2D eigenvalue weighted by atomic mass is 9.79. The molecule has 18 heavy (non-hydrogen) atoms. The van der Waals surface area contributed by atoms with Gasteiger partial charge >= 0.3 is 0 Å². The molecule has 1 N–H and O–H groups in total. The third-order valence-electron chi connectivity index (χ3n) is 5.01. The van der Waals surface area contributed by atoms with E-state index >= 15 is 0 Å². The molecule has 4 heteroatoms. The predicted octanol–water partition coefficient (Wildman–Crippen LogP) is 2.64. The minimum atomic E-state index is -2.19. The number of piperazine rings is 1. The topological polar surface area (TPSA) is 15.3 Å². The molecule has 0 aromatic rings. The lowest BCUT2D eigenvalue weighted by molar-refractivity contribution is 0.00252. The van der Waals surface area contributed by atoms with Gasteiger partial charge in [0.05, 0.1) is 6.54 Å². The van der Waals surface area contributed by atoms with E-state index in [1.807, 2.05) is 0 Å². The van der Waals surface area contributed by atoms with Gasteiger partial charge in [-0.1, -0.05) is 19.3 Å². The fourth-order valence-electron chi connectivity index (χ4n) is 3.90. The molecule has 0 radical (unpaired) electrons. The Morgan fingerprint density at radius 2 is 1.89 bits per heavy atom. The number of rotatable bonds is 3. The van der Waals surface area contributed by atoms with Gasteiger partial charge in [0, 0.05) is 24.7 Å². The van der Waals surface area contributed by atoms with Crippen molar-refractivity contribution in [2.45, 2.75) is 63.0 Å². The average Bonchev–Trinajstić information content (AvgIpc) is 3.13. The van der Waals surface area contributed by atoms with Crippen molar-refractivity contribution in [3.63, 3.8) is 0 Å². The van der Waals surface area contributed by atoms with Crippen LogP contribution in [-0.4, -0.2) is 42.5 Å². The molecule has 3 rings (SSSR count). The molecule has 104 valence electrons. The van der Waals surface area contributed by atoms with E-state index in [2.05, 4.69) is 10.2 Å². The van der Waals surface area contributed by atoms with Gasteiger partial charge in [0.25, 0.3) is 6.43 Å². The van der Waals surface area contributed by atoms with Crippen molar-refractivity contribution in [2.24, 2.45) is 5.92 Å². The van der Waals surface area contributed by atoms with Crippen LogP contribution in [0, 0.1) is 5.92 Å². The second-order valence-electron chi connectivity index (χ2n) is 6.45. The lowest BCUT2D eigenvalue weighted by Crippen LogP contribution is -2.65. The van der Waals surface area contributed by atoms with Crippen molar-refractivity contribution in [1.29, 1.82) is 0 Å². The van der Waals surface area contributed by atoms with E-state index in [1.165, 1.54) is 44.9 Å². The molecule has 1 spiro atoms. The van der Waals surface area contributed by atoms with E-state index in [9.17, 15) is 8.78 Å². The summed E-state index contributed by atoms with van der Waals surface area (Å²) < 4.78 is 25.5. The van der Waals surface area contributed by atoms with Gasteiger partial charge in [-0.15, -0.1) is 0 Å². The molecule has 1 atom stereocenters. The molecule has 1 unspecified atom stereocenters. The van der Waals surface area contributed by atoms with Crippen molar-refractivity contribution in [1.82, 2.24) is 10.2 Å². The van der Waals surface area contributed by atoms with Gasteiger partial charge < -0.3 is 5.32 Å². The molecular weight excluding hydrogens is 234 g/mol. The Kier molecular flexibility index (Phi) is 3.59. The van der Waals surface area contributed by atoms with Crippen LogP contribution < -0.4 is 5.32 Å². The molecule has 3 aliphatic rings. The van der Waals surface area contributed by atoms with Gasteiger partial charge in [-0.25, -0.2) is 8.78 Å². The molecule has 0 aromatic carbocycles. The summed E-state index contributed by atoms with van der Waals surface area (Å²) in [6.07, 6.45) is 6.44. The highest BCUT2D eigenvalue weighted by molar-refractivity contribution is 5.03. The van der Waals surface area contributed by atoms with Crippen LogP contribution in [0.25, 0.3) is 0 Å². The third kappa shape index (κ3) is 2.69. The summed E-state index contributed by atoms with van der Waals surface area (Å²) in [6, 6.07) is 0.367. The number of nitrogens with zero attached hydrogens (tertiary/aromatic N) is 1. The summed E-state index contributed by atoms with van der Waals surface area (Å²) >= 11 is 0. The summed E-state index contributed by atoms with van der Waals surface area (Å²) in [4.78, 5) is 2.10. The van der Waals surface area contributed by atoms with Crippen LogP contribution >= 0.6 is 0 Å². The maximum absolute atomic E-state index is 12.8. The fourth-order valence-corrected chi connectivity index (χ4v) is 3.90. The first kappa shape index (κ1) is 12.8. The number of alkyl halides is 2. The molecular formula is C14H24F2N2. The Morgan fingerprint density at radius 3 is 2.50 bits per heavy atom. The molecule has 1 heterocycles. The lowest BCUT2D eigenvalue weighted by Gasteiger charge is -2.50. The first-order chi connectivity index (χ1) is 8.69. The Balaban J connectivity index is 1.67. The highest BCUT2D eigenvalue weighted by Gasteiger charge is 2.45. The molecule has 3 fully saturated rings. The average molecular weight is 258 g/mol. The molecule has 2 nitrogen and oxygen atoms in total. The Labute approximate surface area is 108 Å². The number of nitrogens with one attached hydrogen (secondary N) is 1. The van der Waals surface area contributed by atoms with Crippen LogP contribution in [0.3, 0.4) is 0 Å². The van der Waals surface area contributed by atoms with Crippen LogP contribution in [0.2, 0.25) is 0 Å². The third-order valence-corrected chi connectivity index (χ3v) is 5.01. The van der Waals surface area contributed by atoms with Gasteiger partial charge in [0.2, 0.25) is 0 Å².